The van der Waals surface area contributed by atoms with Crippen LogP contribution in [0.15, 0.2) is 6.20 Å². The van der Waals surface area contributed by atoms with Crippen LogP contribution in [-0.4, -0.2) is 17.2 Å². The topological polar surface area (TPSA) is 42.4 Å². The number of methoxy groups -OCH3 is 1. The third-order valence-corrected chi connectivity index (χ3v) is 1.76. The van der Waals surface area contributed by atoms with Crippen molar-refractivity contribution in [1.29, 1.82) is 0 Å². The van der Waals surface area contributed by atoms with E-state index in [1.807, 2.05) is 0 Å². The Hall–Kier alpha value is -1.10. The number of pyridine rings is 1. The van der Waals surface area contributed by atoms with E-state index in [-0.39, 0.29) is 16.5 Å². The Morgan fingerprint density at radius 1 is 1.62 bits per heavy atom. The molecule has 0 atom stereocenters. The molecule has 0 unspecified atom stereocenters. The maximum atomic E-state index is 12.2. The largest absolute Gasteiger partial charge is 0.505 e. The molecule has 0 radical (unpaired) electrons. The summed E-state index contributed by atoms with van der Waals surface area (Å²) >= 11 is 5.49. The van der Waals surface area contributed by atoms with Gasteiger partial charge in [-0.05, 0) is 0 Å². The molecule has 0 aliphatic carbocycles. The highest BCUT2D eigenvalue weighted by molar-refractivity contribution is 6.33. The summed E-state index contributed by atoms with van der Waals surface area (Å²) in [5.74, 6) is -0.681. The Balaban J connectivity index is 3.30. The minimum absolute atomic E-state index is 0.257. The van der Waals surface area contributed by atoms with Crippen molar-refractivity contribution in [3.63, 3.8) is 0 Å². The molecule has 0 saturated carbocycles. The lowest BCUT2D eigenvalue weighted by atomic mass is 10.3. The van der Waals surface area contributed by atoms with E-state index in [2.05, 4.69) is 9.72 Å². The van der Waals surface area contributed by atoms with Gasteiger partial charge >= 0.3 is 0 Å². The summed E-state index contributed by atoms with van der Waals surface area (Å²) in [7, 11) is 1.17. The number of ether oxygens (including phenoxy) is 1. The second-order valence-corrected chi connectivity index (χ2v) is 2.55. The summed E-state index contributed by atoms with van der Waals surface area (Å²) in [6, 6.07) is 0. The van der Waals surface area contributed by atoms with E-state index in [4.69, 9.17) is 16.7 Å². The molecule has 1 rings (SSSR count). The zero-order valence-corrected chi connectivity index (χ0v) is 7.35. The van der Waals surface area contributed by atoms with Crippen LogP contribution in [0.25, 0.3) is 0 Å². The van der Waals surface area contributed by atoms with Crippen molar-refractivity contribution < 1.29 is 18.6 Å². The zero-order valence-electron chi connectivity index (χ0n) is 6.59. The summed E-state index contributed by atoms with van der Waals surface area (Å²) in [5.41, 5.74) is -0.578. The van der Waals surface area contributed by atoms with Crippen molar-refractivity contribution in [2.75, 3.05) is 7.11 Å². The average molecular weight is 210 g/mol. The molecule has 0 aliphatic heterocycles. The van der Waals surface area contributed by atoms with Gasteiger partial charge in [0.1, 0.15) is 10.7 Å². The lowest BCUT2D eigenvalue weighted by molar-refractivity contribution is 0.141. The minimum atomic E-state index is -2.78. The third-order valence-electron chi connectivity index (χ3n) is 1.39. The van der Waals surface area contributed by atoms with E-state index in [1.165, 1.54) is 7.11 Å². The fourth-order valence-corrected chi connectivity index (χ4v) is 1.05. The molecule has 13 heavy (non-hydrogen) atoms. The van der Waals surface area contributed by atoms with Crippen molar-refractivity contribution in [3.05, 3.63) is 16.9 Å². The first-order chi connectivity index (χ1) is 6.07. The van der Waals surface area contributed by atoms with Gasteiger partial charge in [-0.2, -0.15) is 0 Å². The monoisotopic (exact) mass is 209 g/mol. The van der Waals surface area contributed by atoms with Gasteiger partial charge in [-0.15, -0.1) is 0 Å². The Bertz CT molecular complexity index is 320. The quantitative estimate of drug-likeness (QED) is 0.813. The summed E-state index contributed by atoms with van der Waals surface area (Å²) in [4.78, 5) is 3.30. The Morgan fingerprint density at radius 3 is 2.69 bits per heavy atom. The van der Waals surface area contributed by atoms with E-state index in [9.17, 15) is 8.78 Å². The van der Waals surface area contributed by atoms with Crippen LogP contribution < -0.4 is 4.74 Å². The van der Waals surface area contributed by atoms with Gasteiger partial charge in [-0.1, -0.05) is 11.6 Å². The number of halogens is 3. The molecule has 1 aromatic heterocycles. The molecule has 1 N–H and O–H groups in total. The number of hydrogen-bond acceptors (Lipinski definition) is 3. The van der Waals surface area contributed by atoms with Crippen molar-refractivity contribution in [3.8, 4) is 11.5 Å². The molecule has 0 saturated heterocycles. The molecular formula is C7H6ClF2NO2. The van der Waals surface area contributed by atoms with Crippen LogP contribution >= 0.6 is 11.6 Å². The molecule has 1 heterocycles. The van der Waals surface area contributed by atoms with Gasteiger partial charge in [0, 0.05) is 0 Å². The summed E-state index contributed by atoms with van der Waals surface area (Å²) < 4.78 is 29.1. The fraction of sp³-hybridized carbons (Fsp3) is 0.286. The van der Waals surface area contributed by atoms with Crippen molar-refractivity contribution in [2.45, 2.75) is 6.43 Å². The van der Waals surface area contributed by atoms with Gasteiger partial charge < -0.3 is 9.84 Å². The van der Waals surface area contributed by atoms with Crippen LogP contribution in [0.3, 0.4) is 0 Å². The molecule has 0 bridgehead atoms. The van der Waals surface area contributed by atoms with E-state index < -0.39 is 12.1 Å². The Labute approximate surface area is 77.9 Å². The van der Waals surface area contributed by atoms with E-state index in [0.29, 0.717) is 0 Å². The van der Waals surface area contributed by atoms with E-state index in [0.717, 1.165) is 6.20 Å². The molecule has 0 fully saturated rings. The molecule has 1 aromatic rings. The highest BCUT2D eigenvalue weighted by Crippen LogP contribution is 2.38. The van der Waals surface area contributed by atoms with Gasteiger partial charge in [0.05, 0.1) is 13.3 Å². The lowest BCUT2D eigenvalue weighted by Gasteiger charge is -2.08. The number of aromatic nitrogens is 1. The van der Waals surface area contributed by atoms with Gasteiger partial charge in [-0.25, -0.2) is 13.8 Å². The van der Waals surface area contributed by atoms with Gasteiger partial charge in [0.25, 0.3) is 6.43 Å². The molecule has 0 amide bonds. The zero-order chi connectivity index (χ0) is 10.0. The molecule has 0 aromatic carbocycles. The summed E-state index contributed by atoms with van der Waals surface area (Å²) in [5, 5.41) is 8.76. The standard InChI is InChI=1S/C7H6ClF2NO2/c1-13-6-4(8)3(12)2-11-5(6)7(9)10/h2,7,12H,1H3. The SMILES string of the molecule is COc1c(C(F)F)ncc(O)c1Cl. The maximum Gasteiger partial charge on any atom is 0.284 e. The van der Waals surface area contributed by atoms with E-state index in [1.54, 1.807) is 0 Å². The van der Waals surface area contributed by atoms with Gasteiger partial charge in [0.2, 0.25) is 0 Å². The Kier molecular flexibility index (Phi) is 2.87. The first-order valence-electron chi connectivity index (χ1n) is 3.27. The number of hydrogen-bond donors (Lipinski definition) is 1. The van der Waals surface area contributed by atoms with Crippen LogP contribution in [-0.2, 0) is 0 Å². The first-order valence-corrected chi connectivity index (χ1v) is 3.65. The number of aromatic hydroxyl groups is 1. The van der Waals surface area contributed by atoms with Gasteiger partial charge in [0.15, 0.2) is 11.5 Å². The number of alkyl halides is 2. The van der Waals surface area contributed by atoms with Crippen LogP contribution in [0.1, 0.15) is 12.1 Å². The fourth-order valence-electron chi connectivity index (χ4n) is 0.824. The highest BCUT2D eigenvalue weighted by atomic mass is 35.5. The smallest absolute Gasteiger partial charge is 0.284 e. The molecular weight excluding hydrogens is 204 g/mol. The molecule has 0 spiro atoms. The molecule has 3 nitrogen and oxygen atoms in total. The first kappa shape index (κ1) is 9.98. The maximum absolute atomic E-state index is 12.2. The van der Waals surface area contributed by atoms with Crippen LogP contribution in [0, 0.1) is 0 Å². The second-order valence-electron chi connectivity index (χ2n) is 2.18. The normalized spacial score (nSPS) is 10.5. The number of nitrogens with zero attached hydrogens (tertiary/aromatic N) is 1. The lowest BCUT2D eigenvalue weighted by Crippen LogP contribution is -1.96. The number of rotatable bonds is 2. The van der Waals surface area contributed by atoms with Crippen LogP contribution in [0.4, 0.5) is 8.78 Å². The summed E-state index contributed by atoms with van der Waals surface area (Å²) in [6.07, 6.45) is -1.93. The Morgan fingerprint density at radius 2 is 2.23 bits per heavy atom. The van der Waals surface area contributed by atoms with Gasteiger partial charge in [-0.3, -0.25) is 0 Å². The second kappa shape index (κ2) is 3.74. The van der Waals surface area contributed by atoms with Crippen LogP contribution in [0.2, 0.25) is 5.02 Å². The van der Waals surface area contributed by atoms with Crippen molar-refractivity contribution >= 4 is 11.6 Å². The summed E-state index contributed by atoms with van der Waals surface area (Å²) in [6.45, 7) is 0. The minimum Gasteiger partial charge on any atom is -0.505 e. The van der Waals surface area contributed by atoms with Crippen molar-refractivity contribution in [2.24, 2.45) is 0 Å². The van der Waals surface area contributed by atoms with E-state index >= 15 is 0 Å². The predicted octanol–water partition coefficient (Wildman–Crippen LogP) is 2.39. The predicted molar refractivity (Wildman–Crippen MR) is 42.4 cm³/mol. The third kappa shape index (κ3) is 1.80. The van der Waals surface area contributed by atoms with Crippen LogP contribution in [0.5, 0.6) is 11.5 Å². The molecule has 6 heteroatoms. The highest BCUT2D eigenvalue weighted by Gasteiger charge is 2.20. The molecule has 0 aliphatic rings. The average Bonchev–Trinajstić information content (AvgIpc) is 2.09. The van der Waals surface area contributed by atoms with Crippen molar-refractivity contribution in [1.82, 2.24) is 4.98 Å². The molecule has 72 valence electrons.